The molecule has 13 heavy (non-hydrogen) atoms. The van der Waals surface area contributed by atoms with Gasteiger partial charge in [0.25, 0.3) is 0 Å². The highest BCUT2D eigenvalue weighted by Crippen LogP contribution is 2.30. The Labute approximate surface area is 81.7 Å². The van der Waals surface area contributed by atoms with E-state index in [1.54, 1.807) is 0 Å². The van der Waals surface area contributed by atoms with E-state index in [0.717, 1.165) is 11.8 Å². The summed E-state index contributed by atoms with van der Waals surface area (Å²) in [6, 6.07) is 0. The third-order valence-electron chi connectivity index (χ3n) is 3.14. The van der Waals surface area contributed by atoms with Gasteiger partial charge in [0, 0.05) is 26.2 Å². The summed E-state index contributed by atoms with van der Waals surface area (Å²) in [5.74, 6) is 2.00. The first-order valence-electron chi connectivity index (χ1n) is 5.81. The smallest absolute Gasteiger partial charge is 0.00341 e. The molecular weight excluding hydrogens is 160 g/mol. The molecule has 1 heterocycles. The van der Waals surface area contributed by atoms with Crippen molar-refractivity contribution in [2.45, 2.75) is 26.2 Å². The predicted molar refractivity (Wildman–Crippen MR) is 55.8 cm³/mol. The van der Waals surface area contributed by atoms with E-state index >= 15 is 0 Å². The zero-order valence-electron chi connectivity index (χ0n) is 8.76. The van der Waals surface area contributed by atoms with E-state index in [0.29, 0.717) is 0 Å². The normalized spacial score (nSPS) is 23.5. The Morgan fingerprint density at radius 3 is 2.31 bits per heavy atom. The lowest BCUT2D eigenvalue weighted by Gasteiger charge is -2.33. The van der Waals surface area contributed by atoms with Gasteiger partial charge in [0.05, 0.1) is 0 Å². The molecule has 2 heteroatoms. The maximum atomic E-state index is 3.35. The van der Waals surface area contributed by atoms with Crippen molar-refractivity contribution in [3.8, 4) is 0 Å². The number of nitrogens with zero attached hydrogens (tertiary/aromatic N) is 1. The molecule has 2 nitrogen and oxygen atoms in total. The van der Waals surface area contributed by atoms with Crippen LogP contribution in [0.5, 0.6) is 0 Å². The SMILES string of the molecule is CCCN(CC1CC1)CC1CNC1. The zero-order chi connectivity index (χ0) is 9.10. The third-order valence-corrected chi connectivity index (χ3v) is 3.14. The van der Waals surface area contributed by atoms with Crippen LogP contribution in [-0.4, -0.2) is 37.6 Å². The summed E-state index contributed by atoms with van der Waals surface area (Å²) < 4.78 is 0. The van der Waals surface area contributed by atoms with Gasteiger partial charge in [0.2, 0.25) is 0 Å². The largest absolute Gasteiger partial charge is 0.316 e. The number of nitrogens with one attached hydrogen (secondary N) is 1. The van der Waals surface area contributed by atoms with Gasteiger partial charge in [-0.2, -0.15) is 0 Å². The summed E-state index contributed by atoms with van der Waals surface area (Å²) in [6.07, 6.45) is 4.29. The Bertz CT molecular complexity index is 150. The monoisotopic (exact) mass is 182 g/mol. The quantitative estimate of drug-likeness (QED) is 0.666. The van der Waals surface area contributed by atoms with Crippen molar-refractivity contribution in [3.63, 3.8) is 0 Å². The van der Waals surface area contributed by atoms with Gasteiger partial charge in [-0.25, -0.2) is 0 Å². The van der Waals surface area contributed by atoms with Crippen LogP contribution in [-0.2, 0) is 0 Å². The van der Waals surface area contributed by atoms with E-state index in [2.05, 4.69) is 17.1 Å². The topological polar surface area (TPSA) is 15.3 Å². The minimum Gasteiger partial charge on any atom is -0.316 e. The predicted octanol–water partition coefficient (Wildman–Crippen LogP) is 1.33. The molecule has 1 aliphatic heterocycles. The minimum absolute atomic E-state index is 0.949. The molecule has 1 aliphatic carbocycles. The van der Waals surface area contributed by atoms with Crippen molar-refractivity contribution in [2.24, 2.45) is 11.8 Å². The number of hydrogen-bond acceptors (Lipinski definition) is 2. The average Bonchev–Trinajstić information content (AvgIpc) is 2.81. The van der Waals surface area contributed by atoms with Crippen molar-refractivity contribution >= 4 is 0 Å². The van der Waals surface area contributed by atoms with E-state index in [-0.39, 0.29) is 0 Å². The fraction of sp³-hybridized carbons (Fsp3) is 1.00. The summed E-state index contributed by atoms with van der Waals surface area (Å²) >= 11 is 0. The fourth-order valence-corrected chi connectivity index (χ4v) is 2.08. The second-order valence-electron chi connectivity index (χ2n) is 4.73. The highest BCUT2D eigenvalue weighted by Gasteiger charge is 2.26. The van der Waals surface area contributed by atoms with Crippen LogP contribution in [0.25, 0.3) is 0 Å². The van der Waals surface area contributed by atoms with Crippen LogP contribution in [0.3, 0.4) is 0 Å². The van der Waals surface area contributed by atoms with Gasteiger partial charge in [-0.1, -0.05) is 6.92 Å². The van der Waals surface area contributed by atoms with Gasteiger partial charge in [-0.15, -0.1) is 0 Å². The Morgan fingerprint density at radius 1 is 1.15 bits per heavy atom. The molecule has 0 unspecified atom stereocenters. The van der Waals surface area contributed by atoms with Crippen molar-refractivity contribution < 1.29 is 0 Å². The molecule has 2 rings (SSSR count). The van der Waals surface area contributed by atoms with E-state index in [9.17, 15) is 0 Å². The van der Waals surface area contributed by atoms with E-state index < -0.39 is 0 Å². The lowest BCUT2D eigenvalue weighted by molar-refractivity contribution is 0.187. The van der Waals surface area contributed by atoms with E-state index in [1.807, 2.05) is 0 Å². The molecule has 0 radical (unpaired) electrons. The molecule has 0 aromatic carbocycles. The van der Waals surface area contributed by atoms with Gasteiger partial charge in [0.1, 0.15) is 0 Å². The van der Waals surface area contributed by atoms with Gasteiger partial charge in [-0.05, 0) is 37.6 Å². The second-order valence-corrected chi connectivity index (χ2v) is 4.73. The second kappa shape index (κ2) is 4.43. The number of rotatable bonds is 6. The van der Waals surface area contributed by atoms with Crippen LogP contribution in [0.2, 0.25) is 0 Å². The summed E-state index contributed by atoms with van der Waals surface area (Å²) in [5.41, 5.74) is 0. The lowest BCUT2D eigenvalue weighted by atomic mass is 10.0. The van der Waals surface area contributed by atoms with Gasteiger partial charge < -0.3 is 10.2 Å². The molecular formula is C11H22N2. The highest BCUT2D eigenvalue weighted by atomic mass is 15.1. The maximum Gasteiger partial charge on any atom is 0.00341 e. The maximum absolute atomic E-state index is 3.35. The van der Waals surface area contributed by atoms with Crippen LogP contribution in [0.1, 0.15) is 26.2 Å². The lowest BCUT2D eigenvalue weighted by Crippen LogP contribution is -2.48. The van der Waals surface area contributed by atoms with Crippen molar-refractivity contribution in [3.05, 3.63) is 0 Å². The molecule has 2 aliphatic rings. The third kappa shape index (κ3) is 2.96. The highest BCUT2D eigenvalue weighted by molar-refractivity contribution is 4.82. The first kappa shape index (κ1) is 9.47. The zero-order valence-corrected chi connectivity index (χ0v) is 8.76. The molecule has 0 amide bonds. The summed E-state index contributed by atoms with van der Waals surface area (Å²) in [5, 5.41) is 3.35. The van der Waals surface area contributed by atoms with Gasteiger partial charge in [0.15, 0.2) is 0 Å². The molecule has 2 fully saturated rings. The summed E-state index contributed by atoms with van der Waals surface area (Å²) in [7, 11) is 0. The van der Waals surface area contributed by atoms with Gasteiger partial charge in [-0.3, -0.25) is 0 Å². The van der Waals surface area contributed by atoms with Crippen LogP contribution in [0, 0.1) is 11.8 Å². The molecule has 1 saturated carbocycles. The average molecular weight is 182 g/mol. The van der Waals surface area contributed by atoms with E-state index in [4.69, 9.17) is 0 Å². The van der Waals surface area contributed by atoms with Crippen LogP contribution in [0.15, 0.2) is 0 Å². The molecule has 0 bridgehead atoms. The Hall–Kier alpha value is -0.0800. The van der Waals surface area contributed by atoms with Crippen LogP contribution in [0.4, 0.5) is 0 Å². The molecule has 1 N–H and O–H groups in total. The molecule has 76 valence electrons. The molecule has 0 aromatic rings. The Morgan fingerprint density at radius 2 is 1.85 bits per heavy atom. The Balaban J connectivity index is 1.67. The summed E-state index contributed by atoms with van der Waals surface area (Å²) in [4.78, 5) is 2.68. The van der Waals surface area contributed by atoms with Crippen molar-refractivity contribution in [1.29, 1.82) is 0 Å². The van der Waals surface area contributed by atoms with Crippen molar-refractivity contribution in [2.75, 3.05) is 32.7 Å². The molecule has 1 saturated heterocycles. The first-order chi connectivity index (χ1) is 6.38. The summed E-state index contributed by atoms with van der Waals surface area (Å²) in [6.45, 7) is 8.84. The fourth-order valence-electron chi connectivity index (χ4n) is 2.08. The van der Waals surface area contributed by atoms with Gasteiger partial charge >= 0.3 is 0 Å². The molecule has 0 aromatic heterocycles. The van der Waals surface area contributed by atoms with Crippen molar-refractivity contribution in [1.82, 2.24) is 10.2 Å². The standard InChI is InChI=1S/C11H22N2/c1-2-5-13(8-10-3-4-10)9-11-6-12-7-11/h10-12H,2-9H2,1H3. The van der Waals surface area contributed by atoms with Crippen LogP contribution < -0.4 is 5.32 Å². The molecule has 0 atom stereocenters. The van der Waals surface area contributed by atoms with E-state index in [1.165, 1.54) is 52.0 Å². The minimum atomic E-state index is 0.949. The molecule has 0 spiro atoms. The Kier molecular flexibility index (Phi) is 3.23. The first-order valence-corrected chi connectivity index (χ1v) is 5.81. The van der Waals surface area contributed by atoms with Crippen LogP contribution >= 0.6 is 0 Å². The number of hydrogen-bond donors (Lipinski definition) is 1.